The minimum absolute atomic E-state index is 0.211. The molecule has 0 aromatic rings. The molecule has 0 aromatic heterocycles. The van der Waals surface area contributed by atoms with Crippen LogP contribution in [0.2, 0.25) is 0 Å². The summed E-state index contributed by atoms with van der Waals surface area (Å²) in [6, 6.07) is 0. The van der Waals surface area contributed by atoms with Gasteiger partial charge in [-0.3, -0.25) is 4.79 Å². The van der Waals surface area contributed by atoms with E-state index in [4.69, 9.17) is 4.74 Å². The molecule has 0 amide bonds. The number of Topliss-reactive ketones (excluding diaryl/α,β-unsaturated/α-hetero) is 1. The van der Waals surface area contributed by atoms with E-state index in [-0.39, 0.29) is 5.78 Å². The summed E-state index contributed by atoms with van der Waals surface area (Å²) in [4.78, 5) is 11.0. The van der Waals surface area contributed by atoms with Crippen molar-refractivity contribution in [1.82, 2.24) is 0 Å². The maximum atomic E-state index is 11.0. The van der Waals surface area contributed by atoms with E-state index in [0.717, 1.165) is 18.4 Å². The first kappa shape index (κ1) is 11.7. The van der Waals surface area contributed by atoms with Gasteiger partial charge in [-0.15, -0.1) is 0 Å². The van der Waals surface area contributed by atoms with Gasteiger partial charge in [0, 0.05) is 6.42 Å². The van der Waals surface area contributed by atoms with Crippen molar-refractivity contribution in [2.75, 3.05) is 13.2 Å². The lowest BCUT2D eigenvalue weighted by molar-refractivity contribution is -0.124. The van der Waals surface area contributed by atoms with E-state index in [1.165, 1.54) is 12.8 Å². The minimum atomic E-state index is 0.211. The molecular formula is C12H22O2. The summed E-state index contributed by atoms with van der Waals surface area (Å²) in [5, 5.41) is 0. The fraction of sp³-hybridized carbons (Fsp3) is 0.917. The molecule has 0 aromatic carbocycles. The van der Waals surface area contributed by atoms with Crippen molar-refractivity contribution in [3.8, 4) is 0 Å². The van der Waals surface area contributed by atoms with Crippen LogP contribution >= 0.6 is 0 Å². The smallest absolute Gasteiger partial charge is 0.158 e. The third kappa shape index (κ3) is 3.09. The van der Waals surface area contributed by atoms with E-state index in [2.05, 4.69) is 13.8 Å². The summed E-state index contributed by atoms with van der Waals surface area (Å²) < 4.78 is 5.46. The predicted octanol–water partition coefficient (Wildman–Crippen LogP) is 2.66. The summed E-state index contributed by atoms with van der Waals surface area (Å²) in [5.74, 6) is 2.41. The van der Waals surface area contributed by atoms with Crippen LogP contribution in [0.25, 0.3) is 0 Å². The maximum absolute atomic E-state index is 11.0. The molecule has 1 rings (SSSR count). The molecule has 0 heterocycles. The van der Waals surface area contributed by atoms with Crippen molar-refractivity contribution in [3.63, 3.8) is 0 Å². The highest BCUT2D eigenvalue weighted by Gasteiger charge is 2.30. The lowest BCUT2D eigenvalue weighted by Gasteiger charge is -2.19. The molecule has 0 saturated heterocycles. The topological polar surface area (TPSA) is 26.3 Å². The molecule has 2 unspecified atom stereocenters. The molecule has 0 bridgehead atoms. The molecule has 1 aliphatic rings. The maximum Gasteiger partial charge on any atom is 0.158 e. The molecule has 82 valence electrons. The van der Waals surface area contributed by atoms with Crippen LogP contribution in [-0.2, 0) is 9.53 Å². The standard InChI is InChI=1S/C12H22O2/c1-4-11(13)7-14-8-12-9(2)5-6-10(12)3/h9-10,12H,4-8H2,1-3H3. The highest BCUT2D eigenvalue weighted by atomic mass is 16.5. The van der Waals surface area contributed by atoms with Crippen molar-refractivity contribution in [2.45, 2.75) is 40.0 Å². The van der Waals surface area contributed by atoms with Gasteiger partial charge in [0.2, 0.25) is 0 Å². The first-order chi connectivity index (χ1) is 6.65. The second kappa shape index (κ2) is 5.50. The van der Waals surface area contributed by atoms with Crippen LogP contribution < -0.4 is 0 Å². The van der Waals surface area contributed by atoms with E-state index in [1.54, 1.807) is 0 Å². The van der Waals surface area contributed by atoms with Crippen molar-refractivity contribution in [3.05, 3.63) is 0 Å². The van der Waals surface area contributed by atoms with Gasteiger partial charge < -0.3 is 4.74 Å². The van der Waals surface area contributed by atoms with E-state index < -0.39 is 0 Å². The Hall–Kier alpha value is -0.370. The molecule has 1 aliphatic carbocycles. The van der Waals surface area contributed by atoms with Crippen LogP contribution in [0.4, 0.5) is 0 Å². The first-order valence-electron chi connectivity index (χ1n) is 5.74. The Morgan fingerprint density at radius 1 is 1.29 bits per heavy atom. The average Bonchev–Trinajstić information content (AvgIpc) is 2.48. The summed E-state index contributed by atoms with van der Waals surface area (Å²) in [7, 11) is 0. The largest absolute Gasteiger partial charge is 0.373 e. The van der Waals surface area contributed by atoms with Crippen molar-refractivity contribution >= 4 is 5.78 Å². The highest BCUT2D eigenvalue weighted by molar-refractivity contribution is 5.79. The molecule has 2 heteroatoms. The second-order valence-electron chi connectivity index (χ2n) is 4.60. The molecule has 2 nitrogen and oxygen atoms in total. The van der Waals surface area contributed by atoms with Gasteiger partial charge in [0.15, 0.2) is 5.78 Å². The Morgan fingerprint density at radius 2 is 1.86 bits per heavy atom. The quantitative estimate of drug-likeness (QED) is 0.679. The normalized spacial score (nSPS) is 32.1. The Bertz CT molecular complexity index is 179. The molecular weight excluding hydrogens is 176 g/mol. The Labute approximate surface area is 87.0 Å². The minimum Gasteiger partial charge on any atom is -0.373 e. The average molecular weight is 198 g/mol. The van der Waals surface area contributed by atoms with Crippen LogP contribution in [-0.4, -0.2) is 19.0 Å². The van der Waals surface area contributed by atoms with Crippen LogP contribution in [0, 0.1) is 17.8 Å². The molecule has 1 fully saturated rings. The van der Waals surface area contributed by atoms with E-state index in [0.29, 0.717) is 18.9 Å². The molecule has 2 atom stereocenters. The number of carbonyl (C=O) groups excluding carboxylic acids is 1. The van der Waals surface area contributed by atoms with Gasteiger partial charge in [0.05, 0.1) is 6.61 Å². The molecule has 0 N–H and O–H groups in total. The van der Waals surface area contributed by atoms with Gasteiger partial charge in [-0.2, -0.15) is 0 Å². The SMILES string of the molecule is CCC(=O)COCC1C(C)CCC1C. The lowest BCUT2D eigenvalue weighted by atomic mass is 9.93. The zero-order valence-corrected chi connectivity index (χ0v) is 9.58. The number of hydrogen-bond donors (Lipinski definition) is 0. The third-order valence-corrected chi connectivity index (χ3v) is 3.51. The van der Waals surface area contributed by atoms with Crippen LogP contribution in [0.3, 0.4) is 0 Å². The fourth-order valence-electron chi connectivity index (χ4n) is 2.25. The second-order valence-corrected chi connectivity index (χ2v) is 4.60. The van der Waals surface area contributed by atoms with Gasteiger partial charge in [-0.1, -0.05) is 33.6 Å². The fourth-order valence-corrected chi connectivity index (χ4v) is 2.25. The molecule has 14 heavy (non-hydrogen) atoms. The van der Waals surface area contributed by atoms with Crippen LogP contribution in [0.5, 0.6) is 0 Å². The molecule has 1 saturated carbocycles. The number of ketones is 1. The molecule has 0 radical (unpaired) electrons. The summed E-state index contributed by atoms with van der Waals surface area (Å²) >= 11 is 0. The monoisotopic (exact) mass is 198 g/mol. The number of rotatable bonds is 5. The van der Waals surface area contributed by atoms with E-state index >= 15 is 0 Å². The number of ether oxygens (including phenoxy) is 1. The number of carbonyl (C=O) groups is 1. The predicted molar refractivity (Wildman–Crippen MR) is 57.2 cm³/mol. The summed E-state index contributed by atoms with van der Waals surface area (Å²) in [5.41, 5.74) is 0. The molecule has 0 aliphatic heterocycles. The zero-order chi connectivity index (χ0) is 10.6. The van der Waals surface area contributed by atoms with Crippen molar-refractivity contribution < 1.29 is 9.53 Å². The van der Waals surface area contributed by atoms with Gasteiger partial charge in [-0.05, 0) is 17.8 Å². The first-order valence-corrected chi connectivity index (χ1v) is 5.74. The third-order valence-electron chi connectivity index (χ3n) is 3.51. The van der Waals surface area contributed by atoms with Crippen LogP contribution in [0.1, 0.15) is 40.0 Å². The Balaban J connectivity index is 2.20. The van der Waals surface area contributed by atoms with Gasteiger partial charge in [0.25, 0.3) is 0 Å². The van der Waals surface area contributed by atoms with Gasteiger partial charge in [-0.25, -0.2) is 0 Å². The zero-order valence-electron chi connectivity index (χ0n) is 9.58. The number of hydrogen-bond acceptors (Lipinski definition) is 2. The van der Waals surface area contributed by atoms with E-state index in [1.807, 2.05) is 6.92 Å². The van der Waals surface area contributed by atoms with E-state index in [9.17, 15) is 4.79 Å². The Kier molecular flexibility index (Phi) is 4.59. The summed E-state index contributed by atoms with van der Waals surface area (Å²) in [6.45, 7) is 7.55. The van der Waals surface area contributed by atoms with Gasteiger partial charge in [0.1, 0.15) is 6.61 Å². The van der Waals surface area contributed by atoms with Crippen LogP contribution in [0.15, 0.2) is 0 Å². The summed E-state index contributed by atoms with van der Waals surface area (Å²) in [6.07, 6.45) is 3.23. The highest BCUT2D eigenvalue weighted by Crippen LogP contribution is 2.36. The van der Waals surface area contributed by atoms with Gasteiger partial charge >= 0.3 is 0 Å². The van der Waals surface area contributed by atoms with Crippen molar-refractivity contribution in [2.24, 2.45) is 17.8 Å². The lowest BCUT2D eigenvalue weighted by Crippen LogP contribution is -2.20. The van der Waals surface area contributed by atoms with Crippen molar-refractivity contribution in [1.29, 1.82) is 0 Å². The Morgan fingerprint density at radius 3 is 2.36 bits per heavy atom. The molecule has 0 spiro atoms.